The Morgan fingerprint density at radius 1 is 1.18 bits per heavy atom. The zero-order valence-electron chi connectivity index (χ0n) is 22.3. The van der Waals surface area contributed by atoms with Crippen molar-refractivity contribution in [2.45, 2.75) is 44.6 Å². The first kappa shape index (κ1) is 26.9. The summed E-state index contributed by atoms with van der Waals surface area (Å²) in [5.74, 6) is -1.38. The highest BCUT2D eigenvalue weighted by Crippen LogP contribution is 2.41. The van der Waals surface area contributed by atoms with Crippen molar-refractivity contribution in [1.29, 1.82) is 0 Å². The van der Waals surface area contributed by atoms with Gasteiger partial charge in [0.15, 0.2) is 5.13 Å². The van der Waals surface area contributed by atoms with Crippen LogP contribution in [0.4, 0.5) is 5.13 Å². The fourth-order valence-electron chi connectivity index (χ4n) is 5.61. The fourth-order valence-corrected chi connectivity index (χ4v) is 6.68. The number of amides is 1. The molecular weight excluding hydrogens is 548 g/mol. The molecule has 3 aromatic heterocycles. The minimum atomic E-state index is -0.950. The number of nitrogens with zero attached hydrogens (tertiary/aromatic N) is 4. The Labute approximate surface area is 241 Å². The van der Waals surface area contributed by atoms with E-state index in [0.29, 0.717) is 35.7 Å². The molecule has 2 fully saturated rings. The summed E-state index contributed by atoms with van der Waals surface area (Å²) < 4.78 is 7.45. The molecule has 1 atom stereocenters. The standard InChI is InChI=1S/C30H31ClN4O4S/c1-34-9-6-19-13-21(16-32-28(19)34)24-5-2-22(31)15-25(24)26-17-40-30(33-26)35(23-3-4-23)29(38)20(14-27(36)37)12-18-7-10-39-11-8-18/h2,5-6,9,13,15-18,20,23H,3-4,7-8,10-12,14H2,1H3,(H,36,37). The van der Waals surface area contributed by atoms with Gasteiger partial charge in [-0.1, -0.05) is 17.7 Å². The van der Waals surface area contributed by atoms with Crippen LogP contribution in [-0.4, -0.2) is 50.8 Å². The van der Waals surface area contributed by atoms with Gasteiger partial charge in [-0.15, -0.1) is 11.3 Å². The second-order valence-electron chi connectivity index (χ2n) is 10.8. The van der Waals surface area contributed by atoms with Gasteiger partial charge >= 0.3 is 5.97 Å². The Hall–Kier alpha value is -3.27. The molecule has 4 heterocycles. The number of hydrogen-bond donors (Lipinski definition) is 1. The number of carboxylic acid groups (broad SMARTS) is 1. The van der Waals surface area contributed by atoms with E-state index < -0.39 is 11.9 Å². The number of carboxylic acids is 1. The number of halogens is 1. The lowest BCUT2D eigenvalue weighted by Crippen LogP contribution is -2.40. The van der Waals surface area contributed by atoms with Gasteiger partial charge in [-0.2, -0.15) is 0 Å². The average Bonchev–Trinajstić information content (AvgIpc) is 3.54. The smallest absolute Gasteiger partial charge is 0.304 e. The number of benzene rings is 1. The molecule has 2 aliphatic rings. The first-order valence-corrected chi connectivity index (χ1v) is 14.9. The predicted molar refractivity (Wildman–Crippen MR) is 157 cm³/mol. The molecule has 0 radical (unpaired) electrons. The molecule has 0 bridgehead atoms. The zero-order valence-corrected chi connectivity index (χ0v) is 23.8. The number of fused-ring (bicyclic) bond motifs is 1. The molecule has 40 heavy (non-hydrogen) atoms. The van der Waals surface area contributed by atoms with Crippen molar-refractivity contribution in [2.75, 3.05) is 18.1 Å². The molecule has 1 N–H and O–H groups in total. The molecule has 1 unspecified atom stereocenters. The first-order chi connectivity index (χ1) is 19.4. The normalized spacial score (nSPS) is 16.8. The molecule has 1 amide bonds. The van der Waals surface area contributed by atoms with Gasteiger partial charge in [0.2, 0.25) is 5.91 Å². The molecular formula is C30H31ClN4O4S. The fraction of sp³-hybridized carbons (Fsp3) is 0.400. The summed E-state index contributed by atoms with van der Waals surface area (Å²) in [6.45, 7) is 1.32. The molecule has 10 heteroatoms. The summed E-state index contributed by atoms with van der Waals surface area (Å²) in [5, 5.41) is 13.8. The molecule has 1 aliphatic heterocycles. The first-order valence-electron chi connectivity index (χ1n) is 13.7. The summed E-state index contributed by atoms with van der Waals surface area (Å²) in [7, 11) is 1.97. The van der Waals surface area contributed by atoms with Gasteiger partial charge in [0, 0.05) is 71.5 Å². The van der Waals surface area contributed by atoms with Crippen molar-refractivity contribution < 1.29 is 19.4 Å². The van der Waals surface area contributed by atoms with Gasteiger partial charge in [0.05, 0.1) is 12.1 Å². The number of carbonyl (C=O) groups is 2. The van der Waals surface area contributed by atoms with Gasteiger partial charge < -0.3 is 14.4 Å². The van der Waals surface area contributed by atoms with E-state index in [-0.39, 0.29) is 18.4 Å². The number of carbonyl (C=O) groups excluding carboxylic acids is 1. The number of ether oxygens (including phenoxy) is 1. The average molecular weight is 579 g/mol. The number of hydrogen-bond acceptors (Lipinski definition) is 6. The third-order valence-corrected chi connectivity index (χ3v) is 8.93. The monoisotopic (exact) mass is 578 g/mol. The molecule has 208 valence electrons. The predicted octanol–water partition coefficient (Wildman–Crippen LogP) is 6.42. The Balaban J connectivity index is 1.32. The van der Waals surface area contributed by atoms with Crippen LogP contribution in [0.15, 0.2) is 48.1 Å². The molecule has 6 rings (SSSR count). The maximum absolute atomic E-state index is 13.9. The lowest BCUT2D eigenvalue weighted by atomic mass is 9.86. The maximum Gasteiger partial charge on any atom is 0.304 e. The lowest BCUT2D eigenvalue weighted by molar-refractivity contribution is -0.141. The van der Waals surface area contributed by atoms with Crippen molar-refractivity contribution >= 4 is 51.0 Å². The summed E-state index contributed by atoms with van der Waals surface area (Å²) in [6, 6.07) is 9.93. The van der Waals surface area contributed by atoms with E-state index in [4.69, 9.17) is 21.3 Å². The van der Waals surface area contributed by atoms with E-state index in [9.17, 15) is 14.7 Å². The topological polar surface area (TPSA) is 97.6 Å². The highest BCUT2D eigenvalue weighted by molar-refractivity contribution is 7.14. The van der Waals surface area contributed by atoms with Crippen LogP contribution >= 0.6 is 22.9 Å². The number of pyridine rings is 1. The number of thiazole rings is 1. The maximum atomic E-state index is 13.9. The van der Waals surface area contributed by atoms with E-state index in [0.717, 1.165) is 59.1 Å². The van der Waals surface area contributed by atoms with E-state index in [2.05, 4.69) is 11.1 Å². The third kappa shape index (κ3) is 5.64. The van der Waals surface area contributed by atoms with Gasteiger partial charge in [0.1, 0.15) is 5.65 Å². The number of aliphatic carboxylic acids is 1. The van der Waals surface area contributed by atoms with Crippen LogP contribution in [-0.2, 0) is 21.4 Å². The number of aryl methyl sites for hydroxylation is 1. The highest BCUT2D eigenvalue weighted by atomic mass is 35.5. The SMILES string of the molecule is Cn1ccc2cc(-c3ccc(Cl)cc3-c3csc(N(C(=O)C(CC(=O)O)CC4CCOCC4)C4CC4)n3)cnc21. The summed E-state index contributed by atoms with van der Waals surface area (Å²) >= 11 is 7.85. The van der Waals surface area contributed by atoms with Gasteiger partial charge in [-0.3, -0.25) is 14.5 Å². The summed E-state index contributed by atoms with van der Waals surface area (Å²) in [4.78, 5) is 37.0. The molecule has 1 saturated heterocycles. The lowest BCUT2D eigenvalue weighted by Gasteiger charge is -2.29. The van der Waals surface area contributed by atoms with Crippen LogP contribution in [0, 0.1) is 11.8 Å². The molecule has 8 nitrogen and oxygen atoms in total. The van der Waals surface area contributed by atoms with Crippen molar-refractivity contribution in [2.24, 2.45) is 18.9 Å². The van der Waals surface area contributed by atoms with E-state index in [1.807, 2.05) is 53.7 Å². The van der Waals surface area contributed by atoms with Crippen LogP contribution in [0.2, 0.25) is 5.02 Å². The van der Waals surface area contributed by atoms with E-state index in [1.165, 1.54) is 11.3 Å². The molecule has 1 saturated carbocycles. The van der Waals surface area contributed by atoms with Crippen LogP contribution in [0.3, 0.4) is 0 Å². The second-order valence-corrected chi connectivity index (χ2v) is 12.1. The largest absolute Gasteiger partial charge is 0.481 e. The van der Waals surface area contributed by atoms with Crippen molar-refractivity contribution in [3.8, 4) is 22.4 Å². The highest BCUT2D eigenvalue weighted by Gasteiger charge is 2.40. The van der Waals surface area contributed by atoms with E-state index in [1.54, 1.807) is 4.90 Å². The van der Waals surface area contributed by atoms with Crippen LogP contribution in [0.25, 0.3) is 33.4 Å². The Bertz CT molecular complexity index is 1560. The molecule has 4 aromatic rings. The van der Waals surface area contributed by atoms with Gasteiger partial charge in [-0.05, 0) is 67.9 Å². The Morgan fingerprint density at radius 3 is 2.73 bits per heavy atom. The Kier molecular flexibility index (Phi) is 7.61. The van der Waals surface area contributed by atoms with Gasteiger partial charge in [-0.25, -0.2) is 9.97 Å². The van der Waals surface area contributed by atoms with Gasteiger partial charge in [0.25, 0.3) is 0 Å². The van der Waals surface area contributed by atoms with Crippen LogP contribution in [0.1, 0.15) is 38.5 Å². The van der Waals surface area contributed by atoms with Crippen LogP contribution in [0.5, 0.6) is 0 Å². The summed E-state index contributed by atoms with van der Waals surface area (Å²) in [6.07, 6.45) is 7.72. The van der Waals surface area contributed by atoms with E-state index >= 15 is 0 Å². The Morgan fingerprint density at radius 2 is 1.98 bits per heavy atom. The minimum absolute atomic E-state index is 0.0565. The minimum Gasteiger partial charge on any atom is -0.481 e. The third-order valence-electron chi connectivity index (χ3n) is 7.85. The number of anilines is 1. The second kappa shape index (κ2) is 11.3. The number of rotatable bonds is 9. The number of aromatic nitrogens is 3. The molecule has 1 aromatic carbocycles. The quantitative estimate of drug-likeness (QED) is 0.246. The molecule has 0 spiro atoms. The zero-order chi connectivity index (χ0) is 27.8. The molecule has 1 aliphatic carbocycles. The van der Waals surface area contributed by atoms with Crippen LogP contribution < -0.4 is 4.90 Å². The summed E-state index contributed by atoms with van der Waals surface area (Å²) in [5.41, 5.74) is 4.40. The van der Waals surface area contributed by atoms with Crippen molar-refractivity contribution in [1.82, 2.24) is 14.5 Å². The van der Waals surface area contributed by atoms with Crippen molar-refractivity contribution in [3.05, 3.63) is 53.1 Å². The van der Waals surface area contributed by atoms with Crippen molar-refractivity contribution in [3.63, 3.8) is 0 Å².